The van der Waals surface area contributed by atoms with Crippen LogP contribution in [0.1, 0.15) is 23.2 Å². The number of likely N-dealkylation sites (tertiary alicyclic amines) is 1. The van der Waals surface area contributed by atoms with Crippen LogP contribution < -0.4 is 0 Å². The normalized spacial score (nSPS) is 15.2. The number of aromatic nitrogens is 3. The number of nitrogens with zero attached hydrogens (tertiary/aromatic N) is 5. The maximum Gasteiger partial charge on any atom is 0.253 e. The first-order chi connectivity index (χ1) is 12.3. The van der Waals surface area contributed by atoms with Gasteiger partial charge in [-0.05, 0) is 37.1 Å². The van der Waals surface area contributed by atoms with Gasteiger partial charge >= 0.3 is 0 Å². The van der Waals surface area contributed by atoms with Gasteiger partial charge in [-0.2, -0.15) is 10.4 Å². The Labute approximate surface area is 145 Å². The summed E-state index contributed by atoms with van der Waals surface area (Å²) in [4.78, 5) is 18.7. The first-order valence-corrected chi connectivity index (χ1v) is 8.34. The molecule has 0 saturated carbocycles. The van der Waals surface area contributed by atoms with E-state index in [-0.39, 0.29) is 11.8 Å². The fourth-order valence-electron chi connectivity index (χ4n) is 3.24. The highest BCUT2D eigenvalue weighted by Crippen LogP contribution is 2.22. The maximum atomic E-state index is 12.6. The summed E-state index contributed by atoms with van der Waals surface area (Å²) in [6.07, 6.45) is 3.05. The molecule has 6 heteroatoms. The summed E-state index contributed by atoms with van der Waals surface area (Å²) in [5.74, 6) is 0.108. The van der Waals surface area contributed by atoms with Crippen molar-refractivity contribution in [3.05, 3.63) is 54.4 Å². The van der Waals surface area contributed by atoms with Crippen molar-refractivity contribution in [1.82, 2.24) is 19.5 Å². The summed E-state index contributed by atoms with van der Waals surface area (Å²) >= 11 is 0. The van der Waals surface area contributed by atoms with Crippen molar-refractivity contribution in [2.24, 2.45) is 5.92 Å². The number of pyridine rings is 1. The topological polar surface area (TPSA) is 74.3 Å². The van der Waals surface area contributed by atoms with Crippen molar-refractivity contribution < 1.29 is 4.79 Å². The van der Waals surface area contributed by atoms with E-state index >= 15 is 0 Å². The van der Waals surface area contributed by atoms with E-state index in [1.54, 1.807) is 4.52 Å². The molecular weight excluding hydrogens is 314 g/mol. The molecule has 3 aromatic rings. The van der Waals surface area contributed by atoms with Gasteiger partial charge in [-0.25, -0.2) is 9.50 Å². The average Bonchev–Trinajstić information content (AvgIpc) is 3.16. The Morgan fingerprint density at radius 3 is 2.60 bits per heavy atom. The van der Waals surface area contributed by atoms with Gasteiger partial charge in [0.2, 0.25) is 0 Å². The number of hydrogen-bond donors (Lipinski definition) is 0. The zero-order chi connectivity index (χ0) is 17.2. The molecule has 0 aliphatic carbocycles. The molecule has 0 radical (unpaired) electrons. The zero-order valence-electron chi connectivity index (χ0n) is 13.7. The van der Waals surface area contributed by atoms with Crippen LogP contribution in [-0.2, 0) is 0 Å². The van der Waals surface area contributed by atoms with Crippen LogP contribution in [0.5, 0.6) is 0 Å². The van der Waals surface area contributed by atoms with E-state index < -0.39 is 0 Å². The van der Waals surface area contributed by atoms with Gasteiger partial charge in [0.25, 0.3) is 5.91 Å². The molecule has 25 heavy (non-hydrogen) atoms. The third-order valence-corrected chi connectivity index (χ3v) is 4.69. The van der Waals surface area contributed by atoms with E-state index in [2.05, 4.69) is 16.2 Å². The molecule has 1 amide bonds. The van der Waals surface area contributed by atoms with Gasteiger partial charge in [0.1, 0.15) is 6.33 Å². The molecule has 4 rings (SSSR count). The van der Waals surface area contributed by atoms with Gasteiger partial charge < -0.3 is 4.90 Å². The van der Waals surface area contributed by atoms with Crippen LogP contribution in [0.15, 0.2) is 48.8 Å². The Hall–Kier alpha value is -3.20. The number of fused-ring (bicyclic) bond motifs is 1. The molecule has 6 nitrogen and oxygen atoms in total. The minimum atomic E-state index is 0.0295. The summed E-state index contributed by atoms with van der Waals surface area (Å²) in [7, 11) is 0. The monoisotopic (exact) mass is 331 g/mol. The summed E-state index contributed by atoms with van der Waals surface area (Å²) < 4.78 is 1.78. The summed E-state index contributed by atoms with van der Waals surface area (Å²) in [5.41, 5.74) is 3.38. The lowest BCUT2D eigenvalue weighted by atomic mass is 9.98. The van der Waals surface area contributed by atoms with Crippen molar-refractivity contribution in [3.8, 4) is 17.3 Å². The molecular formula is C19H17N5O. The molecule has 0 spiro atoms. The smallest absolute Gasteiger partial charge is 0.253 e. The molecule has 1 fully saturated rings. The molecule has 1 saturated heterocycles. The second kappa shape index (κ2) is 6.36. The van der Waals surface area contributed by atoms with Crippen LogP contribution in [-0.4, -0.2) is 38.5 Å². The van der Waals surface area contributed by atoms with Gasteiger partial charge in [-0.1, -0.05) is 18.2 Å². The minimum Gasteiger partial charge on any atom is -0.339 e. The van der Waals surface area contributed by atoms with Gasteiger partial charge in [-0.3, -0.25) is 4.79 Å². The summed E-state index contributed by atoms with van der Waals surface area (Å²) in [6, 6.07) is 15.7. The predicted octanol–water partition coefficient (Wildman–Crippen LogP) is 2.77. The van der Waals surface area contributed by atoms with Gasteiger partial charge in [0.05, 0.1) is 11.8 Å². The highest BCUT2D eigenvalue weighted by molar-refractivity contribution is 5.94. The number of carbonyl (C=O) groups excluding carboxylic acids is 1. The Bertz CT molecular complexity index is 946. The number of piperidine rings is 1. The largest absolute Gasteiger partial charge is 0.339 e. The number of carbonyl (C=O) groups is 1. The number of benzene rings is 1. The first kappa shape index (κ1) is 15.3. The van der Waals surface area contributed by atoms with Gasteiger partial charge in [-0.15, -0.1) is 0 Å². The molecule has 2 aromatic heterocycles. The van der Waals surface area contributed by atoms with Crippen LogP contribution in [0.2, 0.25) is 0 Å². The van der Waals surface area contributed by atoms with Crippen LogP contribution in [0.3, 0.4) is 0 Å². The van der Waals surface area contributed by atoms with Crippen molar-refractivity contribution in [2.45, 2.75) is 12.8 Å². The maximum absolute atomic E-state index is 12.6. The number of amides is 1. The van der Waals surface area contributed by atoms with E-state index in [0.29, 0.717) is 18.7 Å². The van der Waals surface area contributed by atoms with Crippen LogP contribution in [0, 0.1) is 17.2 Å². The third-order valence-electron chi connectivity index (χ3n) is 4.69. The minimum absolute atomic E-state index is 0.0295. The molecule has 0 unspecified atom stereocenters. The van der Waals surface area contributed by atoms with Crippen molar-refractivity contribution >= 4 is 11.6 Å². The Morgan fingerprint density at radius 1 is 1.12 bits per heavy atom. The zero-order valence-corrected chi connectivity index (χ0v) is 13.7. The number of hydrogen-bond acceptors (Lipinski definition) is 4. The second-order valence-corrected chi connectivity index (χ2v) is 6.21. The third kappa shape index (κ3) is 2.85. The lowest BCUT2D eigenvalue weighted by Gasteiger charge is -2.29. The van der Waals surface area contributed by atoms with E-state index in [4.69, 9.17) is 5.26 Å². The number of nitriles is 1. The standard InChI is InChI=1S/C19H17N5O/c20-12-14-8-10-23(11-9-14)19(25)16-6-4-15(5-7-16)17-2-1-3-18-21-13-22-24(17)18/h1-7,13-14H,8-11H2. The van der Waals surface area contributed by atoms with Crippen LogP contribution in [0.4, 0.5) is 0 Å². The number of rotatable bonds is 2. The van der Waals surface area contributed by atoms with E-state index in [1.807, 2.05) is 47.4 Å². The fraction of sp³-hybridized carbons (Fsp3) is 0.263. The Morgan fingerprint density at radius 2 is 1.88 bits per heavy atom. The van der Waals surface area contributed by atoms with E-state index in [0.717, 1.165) is 29.7 Å². The summed E-state index contributed by atoms with van der Waals surface area (Å²) in [6.45, 7) is 1.30. The molecule has 0 N–H and O–H groups in total. The highest BCUT2D eigenvalue weighted by Gasteiger charge is 2.23. The van der Waals surface area contributed by atoms with E-state index in [9.17, 15) is 4.79 Å². The predicted molar refractivity (Wildman–Crippen MR) is 92.7 cm³/mol. The molecule has 1 aliphatic rings. The second-order valence-electron chi connectivity index (χ2n) is 6.21. The first-order valence-electron chi connectivity index (χ1n) is 8.34. The van der Waals surface area contributed by atoms with Crippen LogP contribution in [0.25, 0.3) is 16.9 Å². The molecule has 0 atom stereocenters. The highest BCUT2D eigenvalue weighted by atomic mass is 16.2. The fourth-order valence-corrected chi connectivity index (χ4v) is 3.24. The molecule has 1 aromatic carbocycles. The van der Waals surface area contributed by atoms with Crippen molar-refractivity contribution in [3.63, 3.8) is 0 Å². The molecule has 3 heterocycles. The van der Waals surface area contributed by atoms with Crippen molar-refractivity contribution in [1.29, 1.82) is 5.26 Å². The van der Waals surface area contributed by atoms with Gasteiger partial charge in [0.15, 0.2) is 5.65 Å². The SMILES string of the molecule is N#CC1CCN(C(=O)c2ccc(-c3cccc4ncnn34)cc2)CC1. The lowest BCUT2D eigenvalue weighted by molar-refractivity contribution is 0.0707. The lowest BCUT2D eigenvalue weighted by Crippen LogP contribution is -2.38. The molecule has 124 valence electrons. The Balaban J connectivity index is 1.55. The average molecular weight is 331 g/mol. The quantitative estimate of drug-likeness (QED) is 0.724. The summed E-state index contributed by atoms with van der Waals surface area (Å²) in [5, 5.41) is 13.2. The van der Waals surface area contributed by atoms with E-state index in [1.165, 1.54) is 6.33 Å². The Kier molecular flexibility index (Phi) is 3.90. The molecule has 0 bridgehead atoms. The van der Waals surface area contributed by atoms with Gasteiger partial charge in [0, 0.05) is 30.1 Å². The van der Waals surface area contributed by atoms with Crippen LogP contribution >= 0.6 is 0 Å². The van der Waals surface area contributed by atoms with Crippen molar-refractivity contribution in [2.75, 3.05) is 13.1 Å². The molecule has 1 aliphatic heterocycles.